The van der Waals surface area contributed by atoms with Gasteiger partial charge < -0.3 is 9.67 Å². The second-order valence-electron chi connectivity index (χ2n) is 10.8. The van der Waals surface area contributed by atoms with Crippen LogP contribution in [0, 0.1) is 10.1 Å². The van der Waals surface area contributed by atoms with E-state index in [1.165, 1.54) is 29.8 Å². The smallest absolute Gasteiger partial charge is 0.375 e. The van der Waals surface area contributed by atoms with Crippen LogP contribution >= 0.6 is 0 Å². The Morgan fingerprint density at radius 3 is 2.17 bits per heavy atom. The fourth-order valence-corrected chi connectivity index (χ4v) is 5.98. The zero-order valence-electron chi connectivity index (χ0n) is 22.5. The third-order valence-electron chi connectivity index (χ3n) is 8.35. The van der Waals surface area contributed by atoms with Crippen LogP contribution in [0.3, 0.4) is 0 Å². The van der Waals surface area contributed by atoms with Crippen LogP contribution in [0.1, 0.15) is 36.5 Å². The van der Waals surface area contributed by atoms with Gasteiger partial charge in [0.05, 0.1) is 15.9 Å². The van der Waals surface area contributed by atoms with Crippen LogP contribution in [-0.2, 0) is 22.4 Å². The molecule has 0 radical (unpaired) electrons. The summed E-state index contributed by atoms with van der Waals surface area (Å²) in [5.41, 5.74) is -2.83. The lowest BCUT2D eigenvalue weighted by Crippen LogP contribution is -2.55. The zero-order chi connectivity index (χ0) is 29.4. The minimum Gasteiger partial charge on any atom is -0.375 e. The van der Waals surface area contributed by atoms with Gasteiger partial charge in [0.1, 0.15) is 5.78 Å². The van der Waals surface area contributed by atoms with Crippen molar-refractivity contribution in [2.45, 2.75) is 43.5 Å². The minimum atomic E-state index is -5.05. The van der Waals surface area contributed by atoms with Crippen molar-refractivity contribution in [2.24, 2.45) is 0 Å². The van der Waals surface area contributed by atoms with Crippen molar-refractivity contribution >= 4 is 22.4 Å². The predicted molar refractivity (Wildman–Crippen MR) is 149 cm³/mol. The summed E-state index contributed by atoms with van der Waals surface area (Å²) in [5.74, 6) is -0.0417. The predicted octanol–water partition coefficient (Wildman–Crippen LogP) is 5.97. The summed E-state index contributed by atoms with van der Waals surface area (Å²) in [6, 6.07) is 21.9. The number of nitro benzene ring substituents is 1. The van der Waals surface area contributed by atoms with Crippen LogP contribution in [-0.4, -0.2) is 51.1 Å². The highest BCUT2D eigenvalue weighted by atomic mass is 19.4. The maximum absolute atomic E-state index is 14.8. The molecule has 1 saturated heterocycles. The number of rotatable bonds is 8. The van der Waals surface area contributed by atoms with E-state index in [9.17, 15) is 33.2 Å². The van der Waals surface area contributed by atoms with E-state index in [1.54, 1.807) is 29.2 Å². The Morgan fingerprint density at radius 1 is 1.00 bits per heavy atom. The monoisotopic (exact) mass is 565 g/mol. The first-order chi connectivity index (χ1) is 19.4. The van der Waals surface area contributed by atoms with Gasteiger partial charge in [0.2, 0.25) is 5.60 Å². The molecular weight excluding hydrogens is 535 g/mol. The Labute approximate surface area is 235 Å². The van der Waals surface area contributed by atoms with Gasteiger partial charge in [-0.05, 0) is 50.0 Å². The Kier molecular flexibility index (Phi) is 7.48. The molecule has 1 aromatic heterocycles. The molecule has 1 atom stereocenters. The molecule has 5 rings (SSSR count). The van der Waals surface area contributed by atoms with Crippen molar-refractivity contribution in [3.05, 3.63) is 112 Å². The van der Waals surface area contributed by atoms with Gasteiger partial charge in [-0.15, -0.1) is 0 Å². The molecule has 41 heavy (non-hydrogen) atoms. The van der Waals surface area contributed by atoms with Gasteiger partial charge in [-0.2, -0.15) is 13.2 Å². The van der Waals surface area contributed by atoms with Crippen LogP contribution in [0.5, 0.6) is 0 Å². The number of piperidine rings is 1. The average Bonchev–Trinajstić information content (AvgIpc) is 3.31. The van der Waals surface area contributed by atoms with Gasteiger partial charge >= 0.3 is 6.18 Å². The number of nitro groups is 1. The molecule has 4 aromatic rings. The standard InChI is InChI=1S/C31H30F3N3O4/c1-22(38)29(24-10-6-3-7-11-24)14-16-35(17-15-29)21-30(39,31(32,33)34)27-20-36(19-23-8-4-2-5-9-23)28-18-25(37(40)41)12-13-26(27)28/h2-13,18,20,39H,14-17,19,21H2,1H3. The van der Waals surface area contributed by atoms with Crippen LogP contribution in [0.25, 0.3) is 10.9 Å². The molecule has 0 amide bonds. The van der Waals surface area contributed by atoms with Crippen molar-refractivity contribution in [1.82, 2.24) is 9.47 Å². The Hall–Kier alpha value is -4.02. The molecule has 0 spiro atoms. The lowest BCUT2D eigenvalue weighted by Gasteiger charge is -2.43. The van der Waals surface area contributed by atoms with Crippen LogP contribution in [0.2, 0.25) is 0 Å². The number of ketones is 1. The van der Waals surface area contributed by atoms with E-state index < -0.39 is 28.7 Å². The summed E-state index contributed by atoms with van der Waals surface area (Å²) >= 11 is 0. The lowest BCUT2D eigenvalue weighted by molar-refractivity contribution is -0.384. The van der Waals surface area contributed by atoms with Gasteiger partial charge in [0.15, 0.2) is 0 Å². The second kappa shape index (κ2) is 10.8. The summed E-state index contributed by atoms with van der Waals surface area (Å²) in [6.07, 6.45) is -3.15. The number of halogens is 3. The van der Waals surface area contributed by atoms with Gasteiger partial charge in [-0.3, -0.25) is 19.8 Å². The third-order valence-corrected chi connectivity index (χ3v) is 8.35. The highest BCUT2D eigenvalue weighted by Crippen LogP contribution is 2.45. The maximum Gasteiger partial charge on any atom is 0.422 e. The molecular formula is C31H30F3N3O4. The number of fused-ring (bicyclic) bond motifs is 1. The number of hydrogen-bond donors (Lipinski definition) is 1. The molecule has 1 N–H and O–H groups in total. The van der Waals surface area contributed by atoms with E-state index >= 15 is 0 Å². The molecule has 0 bridgehead atoms. The number of alkyl halides is 3. The van der Waals surface area contributed by atoms with Crippen molar-refractivity contribution < 1.29 is 28.0 Å². The van der Waals surface area contributed by atoms with Gasteiger partial charge in [-0.1, -0.05) is 60.7 Å². The van der Waals surface area contributed by atoms with E-state index in [1.807, 2.05) is 36.4 Å². The molecule has 2 heterocycles. The number of aliphatic hydroxyl groups is 1. The second-order valence-corrected chi connectivity index (χ2v) is 10.8. The molecule has 0 saturated carbocycles. The van der Waals surface area contributed by atoms with E-state index in [-0.39, 0.29) is 47.6 Å². The number of non-ortho nitro benzene ring substituents is 1. The number of hydrogen-bond acceptors (Lipinski definition) is 5. The molecule has 1 unspecified atom stereocenters. The van der Waals surface area contributed by atoms with E-state index in [0.717, 1.165) is 17.2 Å². The summed E-state index contributed by atoms with van der Waals surface area (Å²) in [4.78, 5) is 25.2. The normalized spacial score (nSPS) is 17.3. The highest BCUT2D eigenvalue weighted by Gasteiger charge is 2.57. The molecule has 0 aliphatic carbocycles. The summed E-state index contributed by atoms with van der Waals surface area (Å²) in [7, 11) is 0. The van der Waals surface area contributed by atoms with Crippen molar-refractivity contribution in [3.8, 4) is 0 Å². The summed E-state index contributed by atoms with van der Waals surface area (Å²) in [5, 5.41) is 23.1. The number of likely N-dealkylation sites (tertiary alicyclic amines) is 1. The molecule has 3 aromatic carbocycles. The SMILES string of the molecule is CC(=O)C1(c2ccccc2)CCN(CC(O)(c2cn(Cc3ccccc3)c3cc([N+](=O)[O-])ccc23)C(F)(F)F)CC1. The Morgan fingerprint density at radius 2 is 1.61 bits per heavy atom. The molecule has 10 heteroatoms. The topological polar surface area (TPSA) is 88.6 Å². The number of β-amino-alcohol motifs (C(OH)–C–C–N with tert-alkyl or cyclic N) is 1. The average molecular weight is 566 g/mol. The molecule has 1 aliphatic rings. The first-order valence-electron chi connectivity index (χ1n) is 13.3. The molecule has 214 valence electrons. The van der Waals surface area contributed by atoms with Crippen molar-refractivity contribution in [3.63, 3.8) is 0 Å². The first kappa shape index (κ1) is 28.5. The fourth-order valence-electron chi connectivity index (χ4n) is 5.98. The Bertz CT molecular complexity index is 1560. The maximum atomic E-state index is 14.8. The van der Waals surface area contributed by atoms with E-state index in [2.05, 4.69) is 0 Å². The number of carbonyl (C=O) groups excluding carboxylic acids is 1. The summed E-state index contributed by atoms with van der Waals surface area (Å²) in [6.45, 7) is 1.30. The fraction of sp³-hybridized carbons (Fsp3) is 0.323. The van der Waals surface area contributed by atoms with Crippen LogP contribution in [0.4, 0.5) is 18.9 Å². The van der Waals surface area contributed by atoms with E-state index in [0.29, 0.717) is 12.8 Å². The van der Waals surface area contributed by atoms with Gasteiger partial charge in [0, 0.05) is 42.4 Å². The van der Waals surface area contributed by atoms with E-state index in [4.69, 9.17) is 0 Å². The first-order valence-corrected chi connectivity index (χ1v) is 13.3. The van der Waals surface area contributed by atoms with Crippen LogP contribution < -0.4 is 0 Å². The quantitative estimate of drug-likeness (QED) is 0.210. The van der Waals surface area contributed by atoms with Gasteiger partial charge in [0.25, 0.3) is 5.69 Å². The largest absolute Gasteiger partial charge is 0.422 e. The molecule has 1 aliphatic heterocycles. The molecule has 1 fully saturated rings. The minimum absolute atomic E-state index is 0.0417. The number of Topliss-reactive ketones (excluding diaryl/α,β-unsaturated/α-hetero) is 1. The van der Waals surface area contributed by atoms with Gasteiger partial charge in [-0.25, -0.2) is 0 Å². The number of carbonyl (C=O) groups is 1. The number of benzene rings is 3. The zero-order valence-corrected chi connectivity index (χ0v) is 22.5. The third kappa shape index (κ3) is 5.25. The highest BCUT2D eigenvalue weighted by molar-refractivity contribution is 5.88. The number of aromatic nitrogens is 1. The lowest BCUT2D eigenvalue weighted by atomic mass is 9.70. The molecule has 7 nitrogen and oxygen atoms in total. The summed E-state index contributed by atoms with van der Waals surface area (Å²) < 4.78 is 46.0. The van der Waals surface area contributed by atoms with Crippen molar-refractivity contribution in [1.29, 1.82) is 0 Å². The Balaban J connectivity index is 1.52. The van der Waals surface area contributed by atoms with Crippen LogP contribution in [0.15, 0.2) is 85.1 Å². The van der Waals surface area contributed by atoms with Crippen molar-refractivity contribution in [2.75, 3.05) is 19.6 Å². The number of nitrogens with zero attached hydrogens (tertiary/aromatic N) is 3.